The van der Waals surface area contributed by atoms with E-state index in [1.165, 1.54) is 20.9 Å². The first-order valence-electron chi connectivity index (χ1n) is 16.0. The number of benzene rings is 7. The summed E-state index contributed by atoms with van der Waals surface area (Å²) >= 11 is 8.59. The van der Waals surface area contributed by atoms with Gasteiger partial charge in [-0.25, -0.2) is 15.0 Å². The van der Waals surface area contributed by atoms with Crippen molar-refractivity contribution in [3.63, 3.8) is 0 Å². The molecule has 6 heteroatoms. The van der Waals surface area contributed by atoms with E-state index in [2.05, 4.69) is 109 Å². The van der Waals surface area contributed by atoms with Crippen LogP contribution in [0.4, 0.5) is 0 Å². The predicted molar refractivity (Wildman–Crippen MR) is 204 cm³/mol. The van der Waals surface area contributed by atoms with E-state index in [-0.39, 0.29) is 0 Å². The Kier molecular flexibility index (Phi) is 6.38. The Morgan fingerprint density at radius 2 is 1.18 bits per heavy atom. The van der Waals surface area contributed by atoms with Crippen molar-refractivity contribution in [1.29, 1.82) is 0 Å². The summed E-state index contributed by atoms with van der Waals surface area (Å²) in [5.41, 5.74) is 6.21. The Labute approximate surface area is 289 Å². The summed E-state index contributed by atoms with van der Waals surface area (Å²) in [6, 6.07) is 49.9. The van der Waals surface area contributed by atoms with E-state index in [1.807, 2.05) is 36.4 Å². The van der Waals surface area contributed by atoms with Crippen LogP contribution in [0.15, 0.2) is 150 Å². The third kappa shape index (κ3) is 4.62. The molecule has 0 atom stereocenters. The van der Waals surface area contributed by atoms with E-state index < -0.39 is 0 Å². The second kappa shape index (κ2) is 11.1. The summed E-state index contributed by atoms with van der Waals surface area (Å²) in [6.45, 7) is 0. The molecule has 3 heterocycles. The molecule has 0 radical (unpaired) electrons. The molecule has 0 N–H and O–H groups in total. The first-order valence-corrected chi connectivity index (χ1v) is 17.2. The zero-order chi connectivity index (χ0) is 32.5. The number of furan rings is 1. The van der Waals surface area contributed by atoms with Crippen LogP contribution in [0, 0.1) is 0 Å². The van der Waals surface area contributed by atoms with E-state index in [0.29, 0.717) is 28.1 Å². The fourth-order valence-electron chi connectivity index (χ4n) is 6.87. The number of nitrogens with zero attached hydrogens (tertiary/aromatic N) is 3. The molecule has 0 saturated carbocycles. The molecule has 0 spiro atoms. The van der Waals surface area contributed by atoms with Crippen molar-refractivity contribution in [2.45, 2.75) is 0 Å². The van der Waals surface area contributed by atoms with Crippen molar-refractivity contribution in [2.24, 2.45) is 0 Å². The summed E-state index contributed by atoms with van der Waals surface area (Å²) in [6.07, 6.45) is 0. The quantitative estimate of drug-likeness (QED) is 0.188. The molecule has 0 fully saturated rings. The molecule has 0 aliphatic rings. The number of halogens is 1. The highest BCUT2D eigenvalue weighted by atomic mass is 35.5. The van der Waals surface area contributed by atoms with Crippen LogP contribution < -0.4 is 0 Å². The second-order valence-electron chi connectivity index (χ2n) is 12.1. The van der Waals surface area contributed by atoms with Gasteiger partial charge in [0.25, 0.3) is 0 Å². The highest BCUT2D eigenvalue weighted by Gasteiger charge is 2.21. The number of rotatable bonds is 4. The molecule has 0 bridgehead atoms. The lowest BCUT2D eigenvalue weighted by Gasteiger charge is -2.11. The number of fused-ring (bicyclic) bond motifs is 7. The Bertz CT molecular complexity index is 2910. The molecule has 0 unspecified atom stereocenters. The van der Waals surface area contributed by atoms with Gasteiger partial charge in [-0.2, -0.15) is 0 Å². The minimum Gasteiger partial charge on any atom is -0.456 e. The lowest BCUT2D eigenvalue weighted by atomic mass is 10.0. The monoisotopic (exact) mass is 665 g/mol. The fraction of sp³-hybridized carbons (Fsp3) is 0. The molecule has 49 heavy (non-hydrogen) atoms. The first-order chi connectivity index (χ1) is 24.2. The van der Waals surface area contributed by atoms with Crippen molar-refractivity contribution < 1.29 is 4.42 Å². The predicted octanol–water partition coefficient (Wildman–Crippen LogP) is 12.6. The number of thiophene rings is 1. The molecule has 4 nitrogen and oxygen atoms in total. The van der Waals surface area contributed by atoms with Crippen LogP contribution in [0.5, 0.6) is 0 Å². The lowest BCUT2D eigenvalue weighted by molar-refractivity contribution is 0.669. The third-order valence-corrected chi connectivity index (χ3v) is 10.7. The lowest BCUT2D eigenvalue weighted by Crippen LogP contribution is -2.00. The largest absolute Gasteiger partial charge is 0.456 e. The molecule has 0 aliphatic carbocycles. The zero-order valence-corrected chi connectivity index (χ0v) is 27.5. The zero-order valence-electron chi connectivity index (χ0n) is 25.9. The highest BCUT2D eigenvalue weighted by Crippen LogP contribution is 2.42. The molecule has 230 valence electrons. The summed E-state index contributed by atoms with van der Waals surface area (Å²) < 4.78 is 8.79. The van der Waals surface area contributed by atoms with Crippen LogP contribution in [-0.4, -0.2) is 15.0 Å². The van der Waals surface area contributed by atoms with Crippen LogP contribution in [-0.2, 0) is 0 Å². The number of aromatic nitrogens is 3. The van der Waals surface area contributed by atoms with Crippen LogP contribution in [0.1, 0.15) is 0 Å². The van der Waals surface area contributed by atoms with Crippen molar-refractivity contribution in [1.82, 2.24) is 15.0 Å². The SMILES string of the molecule is Clc1cc2oc3cccc(-c4nc(-c5ccc6ccccc6c5)nc(-c5cccc6c5sc5ccccc56)n4)c3c2cc1-c1ccccc1. The summed E-state index contributed by atoms with van der Waals surface area (Å²) in [5.74, 6) is 1.82. The van der Waals surface area contributed by atoms with Gasteiger partial charge in [0.1, 0.15) is 11.2 Å². The Balaban J connectivity index is 1.25. The van der Waals surface area contributed by atoms with Gasteiger partial charge in [0, 0.05) is 59.3 Å². The molecule has 10 aromatic rings. The van der Waals surface area contributed by atoms with Gasteiger partial charge in [-0.15, -0.1) is 11.3 Å². The standard InChI is InChI=1S/C43H24ClN3OS/c44-35-24-37-34(23-33(35)26-11-2-1-3-12-26)39-31(16-9-18-36(39)48-37)42-45-41(28-21-20-25-10-4-5-13-27(25)22-28)46-43(47-42)32-17-8-15-30-29-14-6-7-19-38(29)49-40(30)32/h1-24H. The summed E-state index contributed by atoms with van der Waals surface area (Å²) in [7, 11) is 0. The van der Waals surface area contributed by atoms with Crippen LogP contribution in [0.3, 0.4) is 0 Å². The van der Waals surface area contributed by atoms with Gasteiger partial charge in [0.2, 0.25) is 0 Å². The summed E-state index contributed by atoms with van der Waals surface area (Å²) in [4.78, 5) is 15.6. The van der Waals surface area contributed by atoms with Crippen LogP contribution >= 0.6 is 22.9 Å². The van der Waals surface area contributed by atoms with E-state index in [4.69, 9.17) is 31.0 Å². The minimum absolute atomic E-state index is 0.579. The fourth-order valence-corrected chi connectivity index (χ4v) is 8.34. The van der Waals surface area contributed by atoms with E-state index in [1.54, 1.807) is 11.3 Å². The van der Waals surface area contributed by atoms with E-state index in [9.17, 15) is 0 Å². The second-order valence-corrected chi connectivity index (χ2v) is 13.6. The average molecular weight is 666 g/mol. The Morgan fingerprint density at radius 3 is 2.08 bits per heavy atom. The van der Waals surface area contributed by atoms with Crippen molar-refractivity contribution >= 4 is 75.8 Å². The van der Waals surface area contributed by atoms with Crippen molar-refractivity contribution in [3.05, 3.63) is 151 Å². The smallest absolute Gasteiger partial charge is 0.165 e. The van der Waals surface area contributed by atoms with Gasteiger partial charge in [-0.3, -0.25) is 0 Å². The van der Waals surface area contributed by atoms with Crippen LogP contribution in [0.2, 0.25) is 5.02 Å². The number of hydrogen-bond donors (Lipinski definition) is 0. The molecule has 0 aliphatic heterocycles. The minimum atomic E-state index is 0.579. The van der Waals surface area contributed by atoms with E-state index >= 15 is 0 Å². The van der Waals surface area contributed by atoms with Crippen molar-refractivity contribution in [2.75, 3.05) is 0 Å². The van der Waals surface area contributed by atoms with Gasteiger partial charge in [0.15, 0.2) is 17.5 Å². The maximum atomic E-state index is 6.83. The first kappa shape index (κ1) is 28.2. The van der Waals surface area contributed by atoms with Crippen molar-refractivity contribution in [3.8, 4) is 45.3 Å². The highest BCUT2D eigenvalue weighted by molar-refractivity contribution is 7.26. The van der Waals surface area contributed by atoms with Crippen LogP contribution in [0.25, 0.3) is 98.2 Å². The number of hydrogen-bond acceptors (Lipinski definition) is 5. The van der Waals surface area contributed by atoms with E-state index in [0.717, 1.165) is 54.3 Å². The topological polar surface area (TPSA) is 51.8 Å². The van der Waals surface area contributed by atoms with Gasteiger partial charge in [-0.1, -0.05) is 121 Å². The molecule has 0 amide bonds. The maximum absolute atomic E-state index is 6.83. The molecule has 10 rings (SSSR count). The molecule has 7 aromatic carbocycles. The molecular weight excluding hydrogens is 642 g/mol. The van der Waals surface area contributed by atoms with Gasteiger partial charge >= 0.3 is 0 Å². The average Bonchev–Trinajstić information content (AvgIpc) is 3.72. The third-order valence-electron chi connectivity index (χ3n) is 9.20. The van der Waals surface area contributed by atoms with Gasteiger partial charge < -0.3 is 4.42 Å². The maximum Gasteiger partial charge on any atom is 0.165 e. The van der Waals surface area contributed by atoms with Gasteiger partial charge in [0.05, 0.1) is 5.02 Å². The Hall–Kier alpha value is -5.88. The normalized spacial score (nSPS) is 11.8. The van der Waals surface area contributed by atoms with Gasteiger partial charge in [-0.05, 0) is 46.7 Å². The molecular formula is C43H24ClN3OS. The molecule has 0 saturated heterocycles. The Morgan fingerprint density at radius 1 is 0.469 bits per heavy atom. The molecule has 3 aromatic heterocycles. The summed E-state index contributed by atoms with van der Waals surface area (Å²) in [5, 5.41) is 7.25.